The first kappa shape index (κ1) is 25.1. The SMILES string of the molecule is COc1cc(N2CC[C@H]3OCC[C@@]3(CCNS(C)(=O)=O)C2)ncn1.O=C(O)C(F)(F)F. The Morgan fingerprint density at radius 2 is 2.13 bits per heavy atom. The molecule has 31 heavy (non-hydrogen) atoms. The van der Waals surface area contributed by atoms with E-state index < -0.39 is 22.2 Å². The maximum Gasteiger partial charge on any atom is 0.490 e. The molecular weight excluding hydrogens is 445 g/mol. The lowest BCUT2D eigenvalue weighted by Gasteiger charge is -2.44. The number of anilines is 1. The highest BCUT2D eigenvalue weighted by atomic mass is 32.2. The van der Waals surface area contributed by atoms with Crippen molar-refractivity contribution in [1.29, 1.82) is 0 Å². The summed E-state index contributed by atoms with van der Waals surface area (Å²) in [5.74, 6) is -1.38. The highest BCUT2D eigenvalue weighted by Crippen LogP contribution is 2.44. The van der Waals surface area contributed by atoms with Crippen LogP contribution in [0.2, 0.25) is 0 Å². The van der Waals surface area contributed by atoms with Gasteiger partial charge in [-0.2, -0.15) is 13.2 Å². The van der Waals surface area contributed by atoms with Crippen molar-refractivity contribution in [1.82, 2.24) is 14.7 Å². The van der Waals surface area contributed by atoms with Crippen LogP contribution in [0.3, 0.4) is 0 Å². The van der Waals surface area contributed by atoms with E-state index in [0.29, 0.717) is 12.4 Å². The van der Waals surface area contributed by atoms with Crippen LogP contribution in [0.4, 0.5) is 19.0 Å². The van der Waals surface area contributed by atoms with Gasteiger partial charge in [0.25, 0.3) is 0 Å². The first-order valence-corrected chi connectivity index (χ1v) is 11.2. The number of rotatable bonds is 6. The summed E-state index contributed by atoms with van der Waals surface area (Å²) in [6.07, 6.45) is 0.381. The Hall–Kier alpha value is -2.19. The number of carboxylic acids is 1. The third-order valence-corrected chi connectivity index (χ3v) is 5.89. The summed E-state index contributed by atoms with van der Waals surface area (Å²) in [7, 11) is -1.59. The number of carbonyl (C=O) groups is 1. The number of sulfonamides is 1. The summed E-state index contributed by atoms with van der Waals surface area (Å²) in [6.45, 7) is 2.81. The molecule has 1 aromatic rings. The van der Waals surface area contributed by atoms with E-state index in [2.05, 4.69) is 19.6 Å². The number of hydrogen-bond donors (Lipinski definition) is 2. The number of methoxy groups -OCH3 is 1. The van der Waals surface area contributed by atoms with Gasteiger partial charge in [0, 0.05) is 37.7 Å². The molecule has 176 valence electrons. The Bertz CT molecular complexity index is 870. The van der Waals surface area contributed by atoms with Gasteiger partial charge in [0.1, 0.15) is 12.1 Å². The molecule has 2 aliphatic heterocycles. The number of ether oxygens (including phenoxy) is 2. The van der Waals surface area contributed by atoms with Gasteiger partial charge in [-0.05, 0) is 19.3 Å². The van der Waals surface area contributed by atoms with E-state index in [1.54, 1.807) is 7.11 Å². The molecule has 0 aromatic carbocycles. The summed E-state index contributed by atoms with van der Waals surface area (Å²) >= 11 is 0. The van der Waals surface area contributed by atoms with E-state index in [0.717, 1.165) is 44.8 Å². The van der Waals surface area contributed by atoms with Crippen molar-refractivity contribution in [3.8, 4) is 5.88 Å². The summed E-state index contributed by atoms with van der Waals surface area (Å²) in [4.78, 5) is 19.5. The van der Waals surface area contributed by atoms with Gasteiger partial charge in [0.15, 0.2) is 0 Å². The number of hydrogen-bond acceptors (Lipinski definition) is 8. The van der Waals surface area contributed by atoms with Gasteiger partial charge in [0.2, 0.25) is 15.9 Å². The number of alkyl halides is 3. The van der Waals surface area contributed by atoms with E-state index in [-0.39, 0.29) is 11.5 Å². The van der Waals surface area contributed by atoms with Crippen LogP contribution in [0.5, 0.6) is 5.88 Å². The molecule has 3 rings (SSSR count). The van der Waals surface area contributed by atoms with E-state index in [1.165, 1.54) is 12.6 Å². The van der Waals surface area contributed by atoms with E-state index in [1.807, 2.05) is 6.07 Å². The second-order valence-electron chi connectivity index (χ2n) is 7.32. The van der Waals surface area contributed by atoms with Gasteiger partial charge in [-0.25, -0.2) is 27.9 Å². The lowest BCUT2D eigenvalue weighted by Crippen LogP contribution is -2.51. The second kappa shape index (κ2) is 9.96. The van der Waals surface area contributed by atoms with Gasteiger partial charge in [-0.3, -0.25) is 0 Å². The highest BCUT2D eigenvalue weighted by molar-refractivity contribution is 7.88. The van der Waals surface area contributed by atoms with E-state index in [4.69, 9.17) is 19.4 Å². The molecule has 0 amide bonds. The third kappa shape index (κ3) is 7.18. The summed E-state index contributed by atoms with van der Waals surface area (Å²) in [6, 6.07) is 1.83. The number of piperidine rings is 1. The smallest absolute Gasteiger partial charge is 0.481 e. The van der Waals surface area contributed by atoms with Crippen LogP contribution in [0.15, 0.2) is 12.4 Å². The van der Waals surface area contributed by atoms with E-state index in [9.17, 15) is 21.6 Å². The maximum absolute atomic E-state index is 11.3. The standard InChI is InChI=1S/C15H24N4O4S.C2HF3O2/c1-22-14-9-13(16-11-17-14)19-7-3-12-15(10-19,5-8-23-12)4-6-18-24(2,20)21;3-2(4,5)1(6)7/h9,11-12,18H,3-8,10H2,1-2H3;(H,6,7)/t12-,15+;/m1./s1. The van der Waals surface area contributed by atoms with Gasteiger partial charge in [0.05, 0.1) is 19.5 Å². The Morgan fingerprint density at radius 3 is 2.71 bits per heavy atom. The van der Waals surface area contributed by atoms with Crippen LogP contribution in [-0.4, -0.2) is 81.3 Å². The summed E-state index contributed by atoms with van der Waals surface area (Å²) in [5, 5.41) is 7.12. The minimum atomic E-state index is -5.08. The molecule has 0 aliphatic carbocycles. The number of halogens is 3. The van der Waals surface area contributed by atoms with Crippen LogP contribution >= 0.6 is 0 Å². The molecule has 0 spiro atoms. The van der Waals surface area contributed by atoms with Gasteiger partial charge in [-0.15, -0.1) is 0 Å². The van der Waals surface area contributed by atoms with Crippen molar-refractivity contribution in [2.75, 3.05) is 44.5 Å². The minimum absolute atomic E-state index is 0.0475. The first-order chi connectivity index (χ1) is 14.4. The predicted octanol–water partition coefficient (Wildman–Crippen LogP) is 1.04. The quantitative estimate of drug-likeness (QED) is 0.626. The highest BCUT2D eigenvalue weighted by Gasteiger charge is 2.47. The number of aliphatic carboxylic acids is 1. The van der Waals surface area contributed by atoms with Gasteiger partial charge < -0.3 is 19.5 Å². The minimum Gasteiger partial charge on any atom is -0.481 e. The first-order valence-electron chi connectivity index (χ1n) is 9.34. The molecular formula is C17H25F3N4O6S. The largest absolute Gasteiger partial charge is 0.490 e. The summed E-state index contributed by atoms with van der Waals surface area (Å²) in [5.41, 5.74) is -0.0475. The van der Waals surface area contributed by atoms with Gasteiger partial charge in [-0.1, -0.05) is 0 Å². The molecule has 3 heterocycles. The number of nitrogens with one attached hydrogen (secondary N) is 1. The fourth-order valence-electron chi connectivity index (χ4n) is 3.71. The van der Waals surface area contributed by atoms with Crippen LogP contribution in [-0.2, 0) is 19.6 Å². The Kier molecular flexibility index (Phi) is 8.05. The van der Waals surface area contributed by atoms with Crippen LogP contribution in [0.1, 0.15) is 19.3 Å². The topological polar surface area (TPSA) is 131 Å². The molecule has 1 aromatic heterocycles. The zero-order valence-electron chi connectivity index (χ0n) is 17.1. The average molecular weight is 470 g/mol. The van der Waals surface area contributed by atoms with Gasteiger partial charge >= 0.3 is 12.1 Å². The molecule has 14 heteroatoms. The lowest BCUT2D eigenvalue weighted by atomic mass is 9.74. The molecule has 0 saturated carbocycles. The molecule has 2 saturated heterocycles. The molecule has 0 radical (unpaired) electrons. The number of aromatic nitrogens is 2. The number of carboxylic acid groups (broad SMARTS) is 1. The van der Waals surface area contributed by atoms with Crippen molar-refractivity contribution >= 4 is 21.8 Å². The molecule has 10 nitrogen and oxygen atoms in total. The zero-order valence-corrected chi connectivity index (χ0v) is 17.9. The molecule has 2 N–H and O–H groups in total. The molecule has 2 atom stereocenters. The molecule has 2 aliphatic rings. The van der Waals surface area contributed by atoms with E-state index >= 15 is 0 Å². The fraction of sp³-hybridized carbons (Fsp3) is 0.706. The normalized spacial score (nSPS) is 23.5. The van der Waals surface area contributed by atoms with Crippen molar-refractivity contribution in [2.24, 2.45) is 5.41 Å². The second-order valence-corrected chi connectivity index (χ2v) is 9.15. The zero-order chi connectivity index (χ0) is 23.3. The molecule has 0 bridgehead atoms. The van der Waals surface area contributed by atoms with Crippen molar-refractivity contribution in [3.63, 3.8) is 0 Å². The van der Waals surface area contributed by atoms with Crippen LogP contribution in [0, 0.1) is 5.41 Å². The molecule has 0 unspecified atom stereocenters. The maximum atomic E-state index is 11.3. The van der Waals surface area contributed by atoms with Crippen molar-refractivity contribution < 1.29 is 41.0 Å². The van der Waals surface area contributed by atoms with Crippen molar-refractivity contribution in [2.45, 2.75) is 31.5 Å². The Morgan fingerprint density at radius 1 is 1.45 bits per heavy atom. The fourth-order valence-corrected chi connectivity index (χ4v) is 4.18. The Balaban J connectivity index is 0.000000423. The molecule has 2 fully saturated rings. The average Bonchev–Trinajstić information content (AvgIpc) is 3.09. The monoisotopic (exact) mass is 470 g/mol. The lowest BCUT2D eigenvalue weighted by molar-refractivity contribution is -0.192. The Labute approximate surface area is 177 Å². The van der Waals surface area contributed by atoms with Crippen molar-refractivity contribution in [3.05, 3.63) is 12.4 Å². The van der Waals surface area contributed by atoms with Crippen LogP contribution < -0.4 is 14.4 Å². The predicted molar refractivity (Wildman–Crippen MR) is 103 cm³/mol. The third-order valence-electron chi connectivity index (χ3n) is 5.16. The number of fused-ring (bicyclic) bond motifs is 1. The number of nitrogens with zero attached hydrogens (tertiary/aromatic N) is 3. The van der Waals surface area contributed by atoms with Crippen LogP contribution in [0.25, 0.3) is 0 Å². The summed E-state index contributed by atoms with van der Waals surface area (Å²) < 4.78 is 68.1.